The number of halogens is 3. The Morgan fingerprint density at radius 1 is 1.06 bits per heavy atom. The Morgan fingerprint density at radius 2 is 1.91 bits per heavy atom. The van der Waals surface area contributed by atoms with Crippen LogP contribution in [0.2, 0.25) is 0 Å². The predicted octanol–water partition coefficient (Wildman–Crippen LogP) is 3.92. The second kappa shape index (κ2) is 8.57. The van der Waals surface area contributed by atoms with E-state index in [-0.39, 0.29) is 35.1 Å². The number of carbonyl (C=O) groups excluding carboxylic acids is 1. The average molecular weight is 455 g/mol. The number of fused-ring (bicyclic) bond motifs is 1. The van der Waals surface area contributed by atoms with Crippen LogP contribution in [0.4, 0.5) is 19.0 Å². The van der Waals surface area contributed by atoms with E-state index < -0.39 is 17.5 Å². The normalized spacial score (nSPS) is 18.4. The van der Waals surface area contributed by atoms with Gasteiger partial charge in [0.2, 0.25) is 0 Å². The molecule has 0 spiro atoms. The van der Waals surface area contributed by atoms with Crippen LogP contribution in [-0.4, -0.2) is 42.9 Å². The molecule has 8 nitrogen and oxygen atoms in total. The Kier molecular flexibility index (Phi) is 5.45. The lowest BCUT2D eigenvalue weighted by Gasteiger charge is -2.30. The molecule has 170 valence electrons. The van der Waals surface area contributed by atoms with E-state index in [2.05, 4.69) is 35.6 Å². The minimum absolute atomic E-state index is 0.101. The molecule has 4 N–H and O–H groups in total. The summed E-state index contributed by atoms with van der Waals surface area (Å²) in [7, 11) is 0. The molecule has 11 heteroatoms. The second-order valence-electron chi connectivity index (χ2n) is 8.04. The summed E-state index contributed by atoms with van der Waals surface area (Å²) in [4.78, 5) is 29.8. The van der Waals surface area contributed by atoms with Crippen molar-refractivity contribution >= 4 is 22.8 Å². The Bertz CT molecular complexity index is 1310. The fourth-order valence-corrected chi connectivity index (χ4v) is 4.22. The highest BCUT2D eigenvalue weighted by Gasteiger charge is 2.26. The van der Waals surface area contributed by atoms with E-state index in [1.54, 1.807) is 0 Å². The number of nitrogens with one attached hydrogen (secondary N) is 4. The predicted molar refractivity (Wildman–Crippen MR) is 115 cm³/mol. The van der Waals surface area contributed by atoms with Crippen molar-refractivity contribution in [3.63, 3.8) is 0 Å². The van der Waals surface area contributed by atoms with Gasteiger partial charge in [-0.3, -0.25) is 4.79 Å². The van der Waals surface area contributed by atoms with Gasteiger partial charge in [0.05, 0.1) is 18.7 Å². The fraction of sp³-hybridized carbons (Fsp3) is 0.273. The zero-order valence-corrected chi connectivity index (χ0v) is 17.3. The number of rotatable bonds is 5. The molecule has 0 aromatic carbocycles. The van der Waals surface area contributed by atoms with Crippen LogP contribution in [0.15, 0.2) is 37.1 Å². The van der Waals surface area contributed by atoms with Gasteiger partial charge in [-0.1, -0.05) is 0 Å². The molecule has 4 aromatic rings. The van der Waals surface area contributed by atoms with Crippen LogP contribution in [0.5, 0.6) is 0 Å². The Labute approximate surface area is 186 Å². The van der Waals surface area contributed by atoms with Crippen molar-refractivity contribution in [3.05, 3.63) is 60.2 Å². The van der Waals surface area contributed by atoms with Gasteiger partial charge in [-0.25, -0.2) is 28.1 Å². The number of H-pyrrole nitrogens is 2. The first-order valence-corrected chi connectivity index (χ1v) is 10.5. The first-order valence-electron chi connectivity index (χ1n) is 10.5. The van der Waals surface area contributed by atoms with Gasteiger partial charge in [0, 0.05) is 35.3 Å². The standard InChI is InChI=1S/C22H20F3N7O/c23-11-4-14-15(8-28-20(14)27-7-11)19-16(24)6-17(25)21(32-19)30-12-2-1-3-13(5-12)31-22(33)18-9-26-10-29-18/h4,6-10,12-13H,1-3,5H2,(H,26,29)(H,27,28)(H,30,32)(H,31,33). The van der Waals surface area contributed by atoms with E-state index in [1.165, 1.54) is 24.8 Å². The monoisotopic (exact) mass is 455 g/mol. The van der Waals surface area contributed by atoms with Crippen molar-refractivity contribution in [1.29, 1.82) is 0 Å². The van der Waals surface area contributed by atoms with Gasteiger partial charge < -0.3 is 20.6 Å². The Hall–Kier alpha value is -3.89. The third-order valence-corrected chi connectivity index (χ3v) is 5.78. The van der Waals surface area contributed by atoms with E-state index in [0.717, 1.165) is 31.5 Å². The van der Waals surface area contributed by atoms with Gasteiger partial charge in [0.1, 0.15) is 22.9 Å². The van der Waals surface area contributed by atoms with Crippen molar-refractivity contribution in [2.24, 2.45) is 0 Å². The highest BCUT2D eigenvalue weighted by atomic mass is 19.1. The van der Waals surface area contributed by atoms with Crippen molar-refractivity contribution in [2.75, 3.05) is 5.32 Å². The minimum Gasteiger partial charge on any atom is -0.365 e. The Morgan fingerprint density at radius 3 is 2.73 bits per heavy atom. The number of nitrogens with zero attached hydrogens (tertiary/aromatic N) is 3. The summed E-state index contributed by atoms with van der Waals surface area (Å²) in [5, 5.41) is 6.35. The zero-order valence-electron chi connectivity index (χ0n) is 17.3. The molecule has 0 radical (unpaired) electrons. The number of pyridine rings is 2. The summed E-state index contributed by atoms with van der Waals surface area (Å²) in [5.41, 5.74) is 0.906. The number of hydrogen-bond acceptors (Lipinski definition) is 5. The SMILES string of the molecule is O=C(NC1CCCC(Nc2nc(-c3c[nH]c4ncc(F)cc34)c(F)cc2F)C1)c1cnc[nH]1. The largest absolute Gasteiger partial charge is 0.365 e. The summed E-state index contributed by atoms with van der Waals surface area (Å²) in [6.45, 7) is 0. The molecule has 4 aromatic heterocycles. The van der Waals surface area contributed by atoms with Gasteiger partial charge in [0.25, 0.3) is 5.91 Å². The van der Waals surface area contributed by atoms with Gasteiger partial charge in [0.15, 0.2) is 17.5 Å². The average Bonchev–Trinajstić information content (AvgIpc) is 3.46. The van der Waals surface area contributed by atoms with Crippen LogP contribution in [-0.2, 0) is 0 Å². The molecular weight excluding hydrogens is 435 g/mol. The lowest BCUT2D eigenvalue weighted by atomic mass is 9.91. The smallest absolute Gasteiger partial charge is 0.269 e. The minimum atomic E-state index is -0.864. The highest BCUT2D eigenvalue weighted by Crippen LogP contribution is 2.31. The van der Waals surface area contributed by atoms with Crippen LogP contribution < -0.4 is 10.6 Å². The van der Waals surface area contributed by atoms with E-state index in [1.807, 2.05) is 0 Å². The molecule has 33 heavy (non-hydrogen) atoms. The molecule has 1 amide bonds. The molecule has 4 heterocycles. The van der Waals surface area contributed by atoms with Crippen molar-refractivity contribution in [1.82, 2.24) is 30.2 Å². The van der Waals surface area contributed by atoms with Gasteiger partial charge >= 0.3 is 0 Å². The summed E-state index contributed by atoms with van der Waals surface area (Å²) < 4.78 is 42.9. The third kappa shape index (κ3) is 4.26. The van der Waals surface area contributed by atoms with Gasteiger partial charge in [-0.15, -0.1) is 0 Å². The molecule has 0 bridgehead atoms. The number of aromatic amines is 2. The van der Waals surface area contributed by atoms with Crippen molar-refractivity contribution in [2.45, 2.75) is 37.8 Å². The van der Waals surface area contributed by atoms with E-state index in [4.69, 9.17) is 0 Å². The maximum absolute atomic E-state index is 14.6. The van der Waals surface area contributed by atoms with Crippen molar-refractivity contribution < 1.29 is 18.0 Å². The van der Waals surface area contributed by atoms with Gasteiger partial charge in [-0.2, -0.15) is 0 Å². The zero-order chi connectivity index (χ0) is 22.9. The lowest BCUT2D eigenvalue weighted by Crippen LogP contribution is -2.42. The topological polar surface area (TPSA) is 111 Å². The fourth-order valence-electron chi connectivity index (χ4n) is 4.22. The molecular formula is C22H20F3N7O. The van der Waals surface area contributed by atoms with Crippen LogP contribution in [0.25, 0.3) is 22.3 Å². The van der Waals surface area contributed by atoms with Crippen LogP contribution in [0.1, 0.15) is 36.2 Å². The number of aromatic nitrogens is 5. The molecule has 2 atom stereocenters. The molecule has 1 aliphatic carbocycles. The molecule has 0 aliphatic heterocycles. The number of amides is 1. The van der Waals surface area contributed by atoms with Crippen LogP contribution >= 0.6 is 0 Å². The first kappa shape index (κ1) is 21.0. The summed E-state index contributed by atoms with van der Waals surface area (Å²) in [5.74, 6) is -2.63. The first-order chi connectivity index (χ1) is 16.0. The van der Waals surface area contributed by atoms with Gasteiger partial charge in [-0.05, 0) is 31.7 Å². The maximum Gasteiger partial charge on any atom is 0.269 e. The Balaban J connectivity index is 1.36. The number of hydrogen-bond donors (Lipinski definition) is 4. The lowest BCUT2D eigenvalue weighted by molar-refractivity contribution is 0.0922. The molecule has 1 aliphatic rings. The molecule has 1 fully saturated rings. The van der Waals surface area contributed by atoms with E-state index in [0.29, 0.717) is 23.1 Å². The highest BCUT2D eigenvalue weighted by molar-refractivity contribution is 5.93. The van der Waals surface area contributed by atoms with Crippen LogP contribution in [0.3, 0.4) is 0 Å². The van der Waals surface area contributed by atoms with E-state index >= 15 is 0 Å². The molecule has 1 saturated carbocycles. The third-order valence-electron chi connectivity index (χ3n) is 5.78. The molecule has 0 saturated heterocycles. The van der Waals surface area contributed by atoms with Crippen molar-refractivity contribution in [3.8, 4) is 11.3 Å². The summed E-state index contributed by atoms with van der Waals surface area (Å²) in [6, 6.07) is 1.70. The van der Waals surface area contributed by atoms with E-state index in [9.17, 15) is 18.0 Å². The van der Waals surface area contributed by atoms with Crippen LogP contribution in [0, 0.1) is 17.5 Å². The summed E-state index contributed by atoms with van der Waals surface area (Å²) in [6.07, 6.45) is 8.28. The second-order valence-corrected chi connectivity index (χ2v) is 8.04. The molecule has 5 rings (SSSR count). The number of carbonyl (C=O) groups is 1. The maximum atomic E-state index is 14.6. The summed E-state index contributed by atoms with van der Waals surface area (Å²) >= 11 is 0. The molecule has 2 unspecified atom stereocenters. The number of anilines is 1. The number of imidazole rings is 1. The quantitative estimate of drug-likeness (QED) is 0.365.